The summed E-state index contributed by atoms with van der Waals surface area (Å²) in [6.07, 6.45) is 6.90. The third-order valence-electron chi connectivity index (χ3n) is 2.53. The summed E-state index contributed by atoms with van der Waals surface area (Å²) >= 11 is 2.09. The van der Waals surface area contributed by atoms with Crippen molar-refractivity contribution in [3.05, 3.63) is 0 Å². The molecule has 0 radical (unpaired) electrons. The minimum absolute atomic E-state index is 0.410. The summed E-state index contributed by atoms with van der Waals surface area (Å²) in [5.74, 6) is 1.30. The molecular weight excluding hydrogens is 166 g/mol. The van der Waals surface area contributed by atoms with Crippen LogP contribution in [0.3, 0.4) is 0 Å². The molecule has 0 aromatic heterocycles. The lowest BCUT2D eigenvalue weighted by Crippen LogP contribution is -2.33. The van der Waals surface area contributed by atoms with Gasteiger partial charge in [-0.15, -0.1) is 11.8 Å². The van der Waals surface area contributed by atoms with Crippen LogP contribution in [0.4, 0.5) is 0 Å². The van der Waals surface area contributed by atoms with Gasteiger partial charge >= 0.3 is 0 Å². The van der Waals surface area contributed by atoms with Gasteiger partial charge in [-0.1, -0.05) is 32.6 Å². The van der Waals surface area contributed by atoms with Gasteiger partial charge in [0.2, 0.25) is 0 Å². The molecule has 0 amide bonds. The van der Waals surface area contributed by atoms with E-state index in [1.165, 1.54) is 44.4 Å². The van der Waals surface area contributed by atoms with Gasteiger partial charge in [0.1, 0.15) is 0 Å². The van der Waals surface area contributed by atoms with Crippen molar-refractivity contribution in [3.8, 4) is 0 Å². The van der Waals surface area contributed by atoms with Crippen molar-refractivity contribution in [3.63, 3.8) is 0 Å². The number of rotatable bonds is 5. The van der Waals surface area contributed by atoms with Gasteiger partial charge in [-0.25, -0.2) is 0 Å². The average Bonchev–Trinajstić information content (AvgIpc) is 2.47. The van der Waals surface area contributed by atoms with E-state index in [1.54, 1.807) is 0 Å². The number of hydrogen-bond donors (Lipinski definition) is 1. The molecular formula is C10H21NS. The summed E-state index contributed by atoms with van der Waals surface area (Å²) in [5, 5.41) is 3.57. The highest BCUT2D eigenvalue weighted by molar-refractivity contribution is 8.00. The first-order valence-electron chi connectivity index (χ1n) is 5.16. The van der Waals surface area contributed by atoms with Crippen molar-refractivity contribution in [2.24, 2.45) is 0 Å². The van der Waals surface area contributed by atoms with Gasteiger partial charge in [0, 0.05) is 12.3 Å². The molecule has 0 aromatic carbocycles. The van der Waals surface area contributed by atoms with Crippen LogP contribution in [0, 0.1) is 0 Å². The zero-order chi connectivity index (χ0) is 8.86. The molecule has 0 aromatic rings. The fourth-order valence-electron chi connectivity index (χ4n) is 1.69. The van der Waals surface area contributed by atoms with Crippen LogP contribution in [0.5, 0.6) is 0 Å². The maximum atomic E-state index is 3.57. The Hall–Kier alpha value is 0.310. The molecule has 72 valence electrons. The monoisotopic (exact) mass is 187 g/mol. The van der Waals surface area contributed by atoms with Crippen LogP contribution in [0.2, 0.25) is 0 Å². The highest BCUT2D eigenvalue weighted by Gasteiger charge is 2.27. The van der Waals surface area contributed by atoms with Crippen molar-refractivity contribution >= 4 is 11.8 Å². The molecule has 1 aliphatic rings. The van der Waals surface area contributed by atoms with E-state index in [-0.39, 0.29) is 0 Å². The van der Waals surface area contributed by atoms with Gasteiger partial charge in [-0.05, 0) is 13.3 Å². The topological polar surface area (TPSA) is 12.0 Å². The normalized spacial score (nSPS) is 29.5. The lowest BCUT2D eigenvalue weighted by molar-refractivity contribution is 0.473. The van der Waals surface area contributed by atoms with Gasteiger partial charge in [-0.3, -0.25) is 0 Å². The number of hydrogen-bond acceptors (Lipinski definition) is 2. The van der Waals surface area contributed by atoms with Crippen LogP contribution < -0.4 is 5.32 Å². The Morgan fingerprint density at radius 2 is 2.17 bits per heavy atom. The molecule has 0 bridgehead atoms. The van der Waals surface area contributed by atoms with E-state index in [1.807, 2.05) is 0 Å². The van der Waals surface area contributed by atoms with Crippen molar-refractivity contribution in [1.82, 2.24) is 5.32 Å². The van der Waals surface area contributed by atoms with E-state index in [4.69, 9.17) is 0 Å². The first-order valence-corrected chi connectivity index (χ1v) is 6.14. The Bertz CT molecular complexity index is 119. The van der Waals surface area contributed by atoms with E-state index < -0.39 is 0 Å². The van der Waals surface area contributed by atoms with Crippen molar-refractivity contribution in [1.29, 1.82) is 0 Å². The maximum Gasteiger partial charge on any atom is 0.0617 e. The molecule has 12 heavy (non-hydrogen) atoms. The standard InChI is InChI=1S/C10H21NS/c1-3-4-5-6-7-10(2)11-8-9-12-10/h11H,3-9H2,1-2H3. The Morgan fingerprint density at radius 1 is 1.33 bits per heavy atom. The van der Waals surface area contributed by atoms with Crippen molar-refractivity contribution in [2.45, 2.75) is 50.8 Å². The van der Waals surface area contributed by atoms with E-state index in [9.17, 15) is 0 Å². The molecule has 0 spiro atoms. The summed E-state index contributed by atoms with van der Waals surface area (Å²) in [5.41, 5.74) is 0. The second-order valence-corrected chi connectivity index (χ2v) is 5.41. The number of nitrogens with one attached hydrogen (secondary N) is 1. The molecule has 1 nitrogen and oxygen atoms in total. The molecule has 1 saturated heterocycles. The van der Waals surface area contributed by atoms with Crippen LogP contribution >= 0.6 is 11.8 Å². The zero-order valence-electron chi connectivity index (χ0n) is 8.36. The first kappa shape index (κ1) is 10.4. The lowest BCUT2D eigenvalue weighted by atomic mass is 10.1. The smallest absolute Gasteiger partial charge is 0.0617 e. The molecule has 1 fully saturated rings. The Morgan fingerprint density at radius 3 is 2.75 bits per heavy atom. The number of unbranched alkanes of at least 4 members (excludes halogenated alkanes) is 3. The zero-order valence-corrected chi connectivity index (χ0v) is 9.17. The summed E-state index contributed by atoms with van der Waals surface area (Å²) in [7, 11) is 0. The molecule has 1 rings (SSSR count). The van der Waals surface area contributed by atoms with Gasteiger partial charge < -0.3 is 5.32 Å². The molecule has 1 atom stereocenters. The fourth-order valence-corrected chi connectivity index (χ4v) is 2.84. The molecule has 0 saturated carbocycles. The van der Waals surface area contributed by atoms with Crippen LogP contribution in [-0.2, 0) is 0 Å². The van der Waals surface area contributed by atoms with Crippen LogP contribution in [0.25, 0.3) is 0 Å². The third-order valence-corrected chi connectivity index (χ3v) is 3.92. The molecule has 1 unspecified atom stereocenters. The Kier molecular flexibility index (Phi) is 4.44. The molecule has 0 aliphatic carbocycles. The molecule has 1 aliphatic heterocycles. The minimum Gasteiger partial charge on any atom is -0.302 e. The van der Waals surface area contributed by atoms with Gasteiger partial charge in [0.15, 0.2) is 0 Å². The highest BCUT2D eigenvalue weighted by atomic mass is 32.2. The molecule has 2 heteroatoms. The molecule has 1 heterocycles. The summed E-state index contributed by atoms with van der Waals surface area (Å²) < 4.78 is 0. The van der Waals surface area contributed by atoms with E-state index in [2.05, 4.69) is 30.9 Å². The van der Waals surface area contributed by atoms with Gasteiger partial charge in [0.25, 0.3) is 0 Å². The van der Waals surface area contributed by atoms with Crippen LogP contribution in [0.15, 0.2) is 0 Å². The van der Waals surface area contributed by atoms with Crippen molar-refractivity contribution in [2.75, 3.05) is 12.3 Å². The predicted octanol–water partition coefficient (Wildman–Crippen LogP) is 3.01. The van der Waals surface area contributed by atoms with Crippen LogP contribution in [-0.4, -0.2) is 17.2 Å². The average molecular weight is 187 g/mol. The maximum absolute atomic E-state index is 3.57. The second-order valence-electron chi connectivity index (χ2n) is 3.82. The van der Waals surface area contributed by atoms with E-state index in [0.717, 1.165) is 0 Å². The largest absolute Gasteiger partial charge is 0.302 e. The Balaban J connectivity index is 2.05. The Labute approximate surface area is 80.7 Å². The van der Waals surface area contributed by atoms with Gasteiger partial charge in [-0.2, -0.15) is 0 Å². The second kappa shape index (κ2) is 5.13. The quantitative estimate of drug-likeness (QED) is 0.664. The summed E-state index contributed by atoms with van der Waals surface area (Å²) in [6.45, 7) is 5.82. The SMILES string of the molecule is CCCCCCC1(C)NCCS1. The third kappa shape index (κ3) is 3.36. The van der Waals surface area contributed by atoms with Crippen molar-refractivity contribution < 1.29 is 0 Å². The predicted molar refractivity (Wildman–Crippen MR) is 57.6 cm³/mol. The fraction of sp³-hybridized carbons (Fsp3) is 1.00. The van der Waals surface area contributed by atoms with Gasteiger partial charge in [0.05, 0.1) is 4.87 Å². The van der Waals surface area contributed by atoms with E-state index >= 15 is 0 Å². The highest BCUT2D eigenvalue weighted by Crippen LogP contribution is 2.31. The first-order chi connectivity index (χ1) is 5.77. The lowest BCUT2D eigenvalue weighted by Gasteiger charge is -2.22. The minimum atomic E-state index is 0.410. The van der Waals surface area contributed by atoms with Crippen LogP contribution in [0.1, 0.15) is 46.0 Å². The summed E-state index contributed by atoms with van der Waals surface area (Å²) in [4.78, 5) is 0.410. The number of thioether (sulfide) groups is 1. The molecule has 1 N–H and O–H groups in total. The summed E-state index contributed by atoms with van der Waals surface area (Å²) in [6, 6.07) is 0. The van der Waals surface area contributed by atoms with E-state index in [0.29, 0.717) is 4.87 Å².